The summed E-state index contributed by atoms with van der Waals surface area (Å²) in [5.74, 6) is 0.457. The van der Waals surface area contributed by atoms with E-state index in [2.05, 4.69) is 43.0 Å². The molecule has 0 aliphatic carbocycles. The second-order valence-electron chi connectivity index (χ2n) is 4.49. The molecule has 0 aliphatic heterocycles. The quantitative estimate of drug-likeness (QED) is 0.669. The van der Waals surface area contributed by atoms with E-state index in [9.17, 15) is 0 Å². The molecule has 0 bridgehead atoms. The van der Waals surface area contributed by atoms with Gasteiger partial charge >= 0.3 is 0 Å². The molecule has 0 fully saturated rings. The minimum Gasteiger partial charge on any atom is -0.342 e. The minimum atomic E-state index is 0.457. The van der Waals surface area contributed by atoms with E-state index in [4.69, 9.17) is 23.2 Å². The molecule has 0 unspecified atom stereocenters. The first-order valence-corrected chi connectivity index (χ1v) is 7.25. The minimum absolute atomic E-state index is 0.457. The molecule has 0 saturated carbocycles. The molecule has 100 valence electrons. The lowest BCUT2D eigenvalue weighted by Gasteiger charge is -2.26. The van der Waals surface area contributed by atoms with Crippen LogP contribution in [0.2, 0.25) is 5.02 Å². The standard InChI is InChI=1S/C16H17Cl2N/c1-3-19(15-6-4-5-12(2)9-15)16-8-7-14(18)10-13(16)11-17/h4-10H,3,11H2,1-2H3. The molecular formula is C16H17Cl2N. The van der Waals surface area contributed by atoms with E-state index in [-0.39, 0.29) is 0 Å². The third-order valence-corrected chi connectivity index (χ3v) is 3.63. The summed E-state index contributed by atoms with van der Waals surface area (Å²) in [5, 5.41) is 0.722. The summed E-state index contributed by atoms with van der Waals surface area (Å²) in [6.45, 7) is 5.12. The van der Waals surface area contributed by atoms with Crippen LogP contribution in [-0.4, -0.2) is 6.54 Å². The molecule has 0 aromatic heterocycles. The van der Waals surface area contributed by atoms with E-state index in [1.165, 1.54) is 11.3 Å². The van der Waals surface area contributed by atoms with E-state index in [1.54, 1.807) is 0 Å². The smallest absolute Gasteiger partial charge is 0.0495 e. The maximum atomic E-state index is 6.04. The zero-order valence-corrected chi connectivity index (χ0v) is 12.7. The van der Waals surface area contributed by atoms with Crippen molar-refractivity contribution in [3.05, 3.63) is 58.6 Å². The van der Waals surface area contributed by atoms with Gasteiger partial charge in [-0.1, -0.05) is 23.7 Å². The Hall–Kier alpha value is -1.18. The molecule has 1 nitrogen and oxygen atoms in total. The molecule has 0 aliphatic rings. The van der Waals surface area contributed by atoms with Crippen LogP contribution >= 0.6 is 23.2 Å². The lowest BCUT2D eigenvalue weighted by atomic mass is 10.1. The number of rotatable bonds is 4. The maximum Gasteiger partial charge on any atom is 0.0495 e. The zero-order valence-electron chi connectivity index (χ0n) is 11.2. The highest BCUT2D eigenvalue weighted by Gasteiger charge is 2.12. The van der Waals surface area contributed by atoms with Crippen LogP contribution in [0.1, 0.15) is 18.1 Å². The lowest BCUT2D eigenvalue weighted by Crippen LogP contribution is -2.17. The van der Waals surface area contributed by atoms with Crippen molar-refractivity contribution >= 4 is 34.6 Å². The van der Waals surface area contributed by atoms with Gasteiger partial charge in [-0.15, -0.1) is 11.6 Å². The number of hydrogen-bond acceptors (Lipinski definition) is 1. The van der Waals surface area contributed by atoms with Crippen LogP contribution < -0.4 is 4.90 Å². The van der Waals surface area contributed by atoms with E-state index in [0.717, 1.165) is 22.8 Å². The van der Waals surface area contributed by atoms with Gasteiger partial charge in [0.15, 0.2) is 0 Å². The maximum absolute atomic E-state index is 6.04. The Morgan fingerprint density at radius 2 is 1.89 bits per heavy atom. The van der Waals surface area contributed by atoms with Gasteiger partial charge in [0.25, 0.3) is 0 Å². The number of anilines is 2. The van der Waals surface area contributed by atoms with Crippen LogP contribution in [-0.2, 0) is 5.88 Å². The van der Waals surface area contributed by atoms with Gasteiger partial charge in [-0.25, -0.2) is 0 Å². The highest BCUT2D eigenvalue weighted by molar-refractivity contribution is 6.30. The molecule has 0 radical (unpaired) electrons. The first kappa shape index (κ1) is 14.2. The summed E-state index contributed by atoms with van der Waals surface area (Å²) in [5.41, 5.74) is 4.60. The van der Waals surface area contributed by atoms with Gasteiger partial charge in [-0.05, 0) is 55.3 Å². The van der Waals surface area contributed by atoms with E-state index in [0.29, 0.717) is 5.88 Å². The van der Waals surface area contributed by atoms with Gasteiger partial charge in [-0.2, -0.15) is 0 Å². The Labute approximate surface area is 124 Å². The third kappa shape index (κ3) is 3.23. The van der Waals surface area contributed by atoms with Gasteiger partial charge in [0.05, 0.1) is 0 Å². The molecule has 3 heteroatoms. The number of alkyl halides is 1. The monoisotopic (exact) mass is 293 g/mol. The van der Waals surface area contributed by atoms with Crippen molar-refractivity contribution < 1.29 is 0 Å². The summed E-state index contributed by atoms with van der Waals surface area (Å²) >= 11 is 12.1. The molecule has 2 rings (SSSR count). The molecule has 2 aromatic carbocycles. The number of halogens is 2. The average molecular weight is 294 g/mol. The van der Waals surface area contributed by atoms with Crippen LogP contribution in [0, 0.1) is 6.92 Å². The molecule has 0 spiro atoms. The lowest BCUT2D eigenvalue weighted by molar-refractivity contribution is 1.01. The van der Waals surface area contributed by atoms with Crippen molar-refractivity contribution in [3.8, 4) is 0 Å². The zero-order chi connectivity index (χ0) is 13.8. The normalized spacial score (nSPS) is 10.5. The molecule has 0 amide bonds. The van der Waals surface area contributed by atoms with E-state index in [1.807, 2.05) is 18.2 Å². The molecule has 0 N–H and O–H groups in total. The Morgan fingerprint density at radius 3 is 2.53 bits per heavy atom. The predicted octanol–water partition coefficient (Wildman–Crippen LogP) is 5.55. The highest BCUT2D eigenvalue weighted by atomic mass is 35.5. The predicted molar refractivity (Wildman–Crippen MR) is 84.9 cm³/mol. The summed E-state index contributed by atoms with van der Waals surface area (Å²) < 4.78 is 0. The summed E-state index contributed by atoms with van der Waals surface area (Å²) in [7, 11) is 0. The van der Waals surface area contributed by atoms with Crippen molar-refractivity contribution in [2.24, 2.45) is 0 Å². The number of nitrogens with zero attached hydrogens (tertiary/aromatic N) is 1. The number of benzene rings is 2. The molecule has 0 heterocycles. The van der Waals surface area contributed by atoms with E-state index < -0.39 is 0 Å². The van der Waals surface area contributed by atoms with Gasteiger partial charge in [0, 0.05) is 28.8 Å². The fourth-order valence-corrected chi connectivity index (χ4v) is 2.62. The second kappa shape index (κ2) is 6.31. The Balaban J connectivity index is 2.48. The molecule has 0 saturated heterocycles. The van der Waals surface area contributed by atoms with Crippen molar-refractivity contribution in [2.75, 3.05) is 11.4 Å². The fourth-order valence-electron chi connectivity index (χ4n) is 2.21. The largest absolute Gasteiger partial charge is 0.342 e. The fraction of sp³-hybridized carbons (Fsp3) is 0.250. The van der Waals surface area contributed by atoms with Crippen LogP contribution in [0.4, 0.5) is 11.4 Å². The first-order chi connectivity index (χ1) is 9.15. The summed E-state index contributed by atoms with van der Waals surface area (Å²) in [4.78, 5) is 2.25. The SMILES string of the molecule is CCN(c1cccc(C)c1)c1ccc(Cl)cc1CCl. The number of hydrogen-bond donors (Lipinski definition) is 0. The van der Waals surface area contributed by atoms with Crippen LogP contribution in [0.15, 0.2) is 42.5 Å². The van der Waals surface area contributed by atoms with Gasteiger partial charge < -0.3 is 4.90 Å². The van der Waals surface area contributed by atoms with Gasteiger partial charge in [-0.3, -0.25) is 0 Å². The summed E-state index contributed by atoms with van der Waals surface area (Å²) in [6, 6.07) is 14.3. The average Bonchev–Trinajstić information content (AvgIpc) is 2.41. The molecule has 0 atom stereocenters. The van der Waals surface area contributed by atoms with Crippen LogP contribution in [0.25, 0.3) is 0 Å². The van der Waals surface area contributed by atoms with E-state index >= 15 is 0 Å². The molecular weight excluding hydrogens is 277 g/mol. The van der Waals surface area contributed by atoms with Gasteiger partial charge in [0.2, 0.25) is 0 Å². The Morgan fingerprint density at radius 1 is 1.11 bits per heavy atom. The Kier molecular flexibility index (Phi) is 4.73. The topological polar surface area (TPSA) is 3.24 Å². The third-order valence-electron chi connectivity index (χ3n) is 3.11. The number of aryl methyl sites for hydroxylation is 1. The van der Waals surface area contributed by atoms with Crippen LogP contribution in [0.3, 0.4) is 0 Å². The van der Waals surface area contributed by atoms with Crippen molar-refractivity contribution in [3.63, 3.8) is 0 Å². The summed E-state index contributed by atoms with van der Waals surface area (Å²) in [6.07, 6.45) is 0. The highest BCUT2D eigenvalue weighted by Crippen LogP contribution is 2.31. The molecule has 2 aromatic rings. The van der Waals surface area contributed by atoms with Crippen LogP contribution in [0.5, 0.6) is 0 Å². The Bertz CT molecular complexity index is 566. The van der Waals surface area contributed by atoms with Crippen molar-refractivity contribution in [1.82, 2.24) is 0 Å². The van der Waals surface area contributed by atoms with Gasteiger partial charge in [0.1, 0.15) is 0 Å². The van der Waals surface area contributed by atoms with Crippen molar-refractivity contribution in [2.45, 2.75) is 19.7 Å². The molecule has 19 heavy (non-hydrogen) atoms. The second-order valence-corrected chi connectivity index (χ2v) is 5.19. The first-order valence-electron chi connectivity index (χ1n) is 6.34. The van der Waals surface area contributed by atoms with Crippen molar-refractivity contribution in [1.29, 1.82) is 0 Å².